The van der Waals surface area contributed by atoms with E-state index >= 15 is 0 Å². The third-order valence-corrected chi connectivity index (χ3v) is 4.07. The van der Waals surface area contributed by atoms with Crippen LogP contribution < -0.4 is 5.32 Å². The number of alkyl halides is 3. The van der Waals surface area contributed by atoms with E-state index in [-0.39, 0.29) is 29.6 Å². The Morgan fingerprint density at radius 2 is 1.93 bits per heavy atom. The molecule has 0 saturated heterocycles. The number of nitrogens with one attached hydrogen (secondary N) is 1. The maximum absolute atomic E-state index is 13.4. The average Bonchev–Trinajstić information content (AvgIpc) is 2.91. The number of benzene rings is 1. The molecule has 0 aliphatic carbocycles. The highest BCUT2D eigenvalue weighted by atomic mass is 19.4. The minimum atomic E-state index is -5.14. The number of rotatable bonds is 5. The van der Waals surface area contributed by atoms with Crippen LogP contribution in [0, 0.1) is 5.92 Å². The van der Waals surface area contributed by atoms with Gasteiger partial charge < -0.3 is 10.4 Å². The van der Waals surface area contributed by atoms with Gasteiger partial charge in [-0.05, 0) is 24.3 Å². The van der Waals surface area contributed by atoms with Crippen LogP contribution in [0.3, 0.4) is 0 Å². The Labute approximate surface area is 155 Å². The second kappa shape index (κ2) is 8.08. The molecule has 1 aromatic rings. The minimum absolute atomic E-state index is 0.0176. The molecule has 2 rings (SSSR count). The van der Waals surface area contributed by atoms with Gasteiger partial charge in [-0.25, -0.2) is 0 Å². The molecule has 27 heavy (non-hydrogen) atoms. The zero-order valence-electron chi connectivity index (χ0n) is 15.1. The molecule has 2 N–H and O–H groups in total. The lowest BCUT2D eigenvalue weighted by Gasteiger charge is -2.32. The number of aliphatic hydroxyl groups is 1. The maximum Gasteiger partial charge on any atom is 0.438 e. The van der Waals surface area contributed by atoms with Gasteiger partial charge in [0, 0.05) is 18.7 Å². The molecular weight excluding hydrogens is 363 g/mol. The normalized spacial score (nSPS) is 20.0. The lowest BCUT2D eigenvalue weighted by atomic mass is 9.99. The van der Waals surface area contributed by atoms with E-state index in [0.717, 1.165) is 5.56 Å². The van der Waals surface area contributed by atoms with Crippen LogP contribution in [0.4, 0.5) is 13.2 Å². The molecule has 0 spiro atoms. The van der Waals surface area contributed by atoms with E-state index in [1.165, 1.54) is 0 Å². The van der Waals surface area contributed by atoms with Crippen molar-refractivity contribution in [2.45, 2.75) is 45.0 Å². The highest BCUT2D eigenvalue weighted by Crippen LogP contribution is 2.41. The molecule has 0 unspecified atom stereocenters. The highest BCUT2D eigenvalue weighted by molar-refractivity contribution is 6.35. The van der Waals surface area contributed by atoms with Gasteiger partial charge in [-0.3, -0.25) is 9.59 Å². The van der Waals surface area contributed by atoms with E-state index in [1.807, 2.05) is 18.2 Å². The number of carbonyl (C=O) groups is 2. The summed E-state index contributed by atoms with van der Waals surface area (Å²) in [6.07, 6.45) is -5.42. The van der Waals surface area contributed by atoms with Gasteiger partial charge in [0.05, 0.1) is 0 Å². The van der Waals surface area contributed by atoms with Gasteiger partial charge in [0.25, 0.3) is 5.72 Å². The first-order valence-electron chi connectivity index (χ1n) is 8.56. The van der Waals surface area contributed by atoms with Crippen molar-refractivity contribution in [3.05, 3.63) is 35.9 Å². The summed E-state index contributed by atoms with van der Waals surface area (Å²) in [5.74, 6) is -2.80. The predicted molar refractivity (Wildman–Crippen MR) is 92.5 cm³/mol. The molecule has 0 saturated carbocycles. The summed E-state index contributed by atoms with van der Waals surface area (Å²) in [5.41, 5.74) is -2.59. The van der Waals surface area contributed by atoms with Crippen molar-refractivity contribution < 1.29 is 27.9 Å². The van der Waals surface area contributed by atoms with Crippen LogP contribution in [0.2, 0.25) is 0 Å². The molecule has 1 aliphatic rings. The van der Waals surface area contributed by atoms with E-state index in [1.54, 1.807) is 26.0 Å². The fourth-order valence-corrected chi connectivity index (χ4v) is 2.77. The quantitative estimate of drug-likeness (QED) is 0.763. The molecule has 1 aromatic carbocycles. The van der Waals surface area contributed by atoms with E-state index in [4.69, 9.17) is 0 Å². The van der Waals surface area contributed by atoms with Gasteiger partial charge >= 0.3 is 18.0 Å². The second-order valence-corrected chi connectivity index (χ2v) is 6.86. The Morgan fingerprint density at radius 1 is 1.30 bits per heavy atom. The third-order valence-electron chi connectivity index (χ3n) is 4.07. The number of hydrazone groups is 1. The Balaban J connectivity index is 2.07. The molecule has 0 bridgehead atoms. The van der Waals surface area contributed by atoms with Crippen molar-refractivity contribution in [2.75, 3.05) is 6.54 Å². The number of hydrogen-bond donors (Lipinski definition) is 2. The molecule has 0 fully saturated rings. The predicted octanol–water partition coefficient (Wildman–Crippen LogP) is 2.23. The summed E-state index contributed by atoms with van der Waals surface area (Å²) < 4.78 is 40.1. The molecule has 1 heterocycles. The standard InChI is InChI=1S/C18H22F3N3O3/c1-12(2)10-14-11-17(27,18(19,20)21)24(23-14)16(26)15(25)22-9-8-13-6-4-3-5-7-13/h3-7,12,27H,8-11H2,1-2H3,(H,22,25)/t17-/m0/s1. The lowest BCUT2D eigenvalue weighted by molar-refractivity contribution is -0.301. The smallest absolute Gasteiger partial charge is 0.362 e. The monoisotopic (exact) mass is 385 g/mol. The Morgan fingerprint density at radius 3 is 2.48 bits per heavy atom. The fraction of sp³-hybridized carbons (Fsp3) is 0.500. The molecule has 9 heteroatoms. The van der Waals surface area contributed by atoms with Crippen molar-refractivity contribution in [3.8, 4) is 0 Å². The molecule has 148 valence electrons. The van der Waals surface area contributed by atoms with Crippen LogP contribution in [0.25, 0.3) is 0 Å². The highest BCUT2D eigenvalue weighted by Gasteiger charge is 2.63. The molecule has 2 amide bonds. The Kier molecular flexibility index (Phi) is 6.25. The number of nitrogens with zero attached hydrogens (tertiary/aromatic N) is 2. The minimum Gasteiger partial charge on any atom is -0.362 e. The van der Waals surface area contributed by atoms with Gasteiger partial charge in [-0.1, -0.05) is 44.2 Å². The third kappa shape index (κ3) is 4.85. The van der Waals surface area contributed by atoms with Crippen LogP contribution in [0.15, 0.2) is 35.4 Å². The van der Waals surface area contributed by atoms with E-state index < -0.39 is 30.1 Å². The summed E-state index contributed by atoms with van der Waals surface area (Å²) in [7, 11) is 0. The summed E-state index contributed by atoms with van der Waals surface area (Å²) >= 11 is 0. The largest absolute Gasteiger partial charge is 0.438 e. The Hall–Kier alpha value is -2.42. The molecule has 6 nitrogen and oxygen atoms in total. The van der Waals surface area contributed by atoms with Crippen LogP contribution in [0.1, 0.15) is 32.3 Å². The van der Waals surface area contributed by atoms with Crippen molar-refractivity contribution in [1.82, 2.24) is 10.3 Å². The summed E-state index contributed by atoms with van der Waals surface area (Å²) in [4.78, 5) is 24.2. The SMILES string of the molecule is CC(C)CC1=NN(C(=O)C(=O)NCCc2ccccc2)[C@@](O)(C(F)(F)F)C1. The van der Waals surface area contributed by atoms with Crippen molar-refractivity contribution in [1.29, 1.82) is 0 Å². The molecule has 1 aliphatic heterocycles. The van der Waals surface area contributed by atoms with Gasteiger partial charge in [-0.2, -0.15) is 23.3 Å². The molecule has 0 aromatic heterocycles. The summed E-state index contributed by atoms with van der Waals surface area (Å²) in [6, 6.07) is 9.07. The fourth-order valence-electron chi connectivity index (χ4n) is 2.77. The first-order valence-corrected chi connectivity index (χ1v) is 8.56. The van der Waals surface area contributed by atoms with Crippen LogP contribution in [-0.4, -0.2) is 46.1 Å². The van der Waals surface area contributed by atoms with E-state index in [9.17, 15) is 27.9 Å². The van der Waals surface area contributed by atoms with Crippen molar-refractivity contribution >= 4 is 17.5 Å². The number of hydrogen-bond acceptors (Lipinski definition) is 4. The van der Waals surface area contributed by atoms with Gasteiger partial charge in [0.2, 0.25) is 0 Å². The lowest BCUT2D eigenvalue weighted by Crippen LogP contribution is -2.59. The first-order chi connectivity index (χ1) is 12.5. The van der Waals surface area contributed by atoms with Gasteiger partial charge in [0.15, 0.2) is 0 Å². The van der Waals surface area contributed by atoms with Crippen LogP contribution >= 0.6 is 0 Å². The second-order valence-electron chi connectivity index (χ2n) is 6.86. The average molecular weight is 385 g/mol. The van der Waals surface area contributed by atoms with E-state index in [0.29, 0.717) is 6.42 Å². The Bertz CT molecular complexity index is 720. The number of halogens is 3. The number of carbonyl (C=O) groups excluding carboxylic acids is 2. The molecular formula is C18H22F3N3O3. The molecule has 0 radical (unpaired) electrons. The van der Waals surface area contributed by atoms with Gasteiger partial charge in [-0.15, -0.1) is 0 Å². The zero-order chi connectivity index (χ0) is 20.2. The maximum atomic E-state index is 13.4. The summed E-state index contributed by atoms with van der Waals surface area (Å²) in [6.45, 7) is 3.61. The number of amides is 2. The summed E-state index contributed by atoms with van der Waals surface area (Å²) in [5, 5.41) is 15.8. The molecule has 1 atom stereocenters. The van der Waals surface area contributed by atoms with Crippen LogP contribution in [-0.2, 0) is 16.0 Å². The zero-order valence-corrected chi connectivity index (χ0v) is 15.1. The van der Waals surface area contributed by atoms with E-state index in [2.05, 4.69) is 10.4 Å². The topological polar surface area (TPSA) is 82.0 Å². The van der Waals surface area contributed by atoms with Crippen molar-refractivity contribution in [3.63, 3.8) is 0 Å². The van der Waals surface area contributed by atoms with Crippen LogP contribution in [0.5, 0.6) is 0 Å². The van der Waals surface area contributed by atoms with Crippen molar-refractivity contribution in [2.24, 2.45) is 11.0 Å². The van der Waals surface area contributed by atoms with Gasteiger partial charge in [0.1, 0.15) is 0 Å². The first kappa shape index (κ1) is 20.9.